The van der Waals surface area contributed by atoms with Crippen molar-refractivity contribution in [2.24, 2.45) is 7.05 Å². The van der Waals surface area contributed by atoms with E-state index in [-0.39, 0.29) is 18.1 Å². The maximum atomic E-state index is 12.1. The second-order valence-corrected chi connectivity index (χ2v) is 6.67. The van der Waals surface area contributed by atoms with Gasteiger partial charge in [0.1, 0.15) is 6.61 Å². The van der Waals surface area contributed by atoms with Crippen LogP contribution in [0.25, 0.3) is 0 Å². The summed E-state index contributed by atoms with van der Waals surface area (Å²) in [6.07, 6.45) is 2.83. The Morgan fingerprint density at radius 1 is 1.58 bits per heavy atom. The third kappa shape index (κ3) is 2.77. The summed E-state index contributed by atoms with van der Waals surface area (Å²) in [4.78, 5) is 14.2. The average molecular weight is 289 g/mol. The molecule has 0 aromatic carbocycles. The molecule has 0 radical (unpaired) electrons. The van der Waals surface area contributed by atoms with Gasteiger partial charge in [-0.15, -0.1) is 0 Å². The molecule has 8 nitrogen and oxygen atoms in total. The summed E-state index contributed by atoms with van der Waals surface area (Å²) in [5.41, 5.74) is -0.750. The SMILES string of the molecule is Cn1cnc(S(=O)(=O)N2CC(C)(OCC(=O)O)C2)c1. The van der Waals surface area contributed by atoms with Crippen LogP contribution in [0.3, 0.4) is 0 Å². The molecule has 1 saturated heterocycles. The third-order valence-electron chi connectivity index (χ3n) is 2.85. The topological polar surface area (TPSA) is 102 Å². The number of hydrogen-bond acceptors (Lipinski definition) is 5. The first-order valence-electron chi connectivity index (χ1n) is 5.57. The summed E-state index contributed by atoms with van der Waals surface area (Å²) in [5, 5.41) is 8.52. The van der Waals surface area contributed by atoms with E-state index in [9.17, 15) is 13.2 Å². The number of aliphatic carboxylic acids is 1. The quantitative estimate of drug-likeness (QED) is 0.768. The Morgan fingerprint density at radius 3 is 2.68 bits per heavy atom. The van der Waals surface area contributed by atoms with Crippen molar-refractivity contribution in [2.75, 3.05) is 19.7 Å². The first-order valence-corrected chi connectivity index (χ1v) is 7.01. The summed E-state index contributed by atoms with van der Waals surface area (Å²) < 4.78 is 32.2. The summed E-state index contributed by atoms with van der Waals surface area (Å²) in [6, 6.07) is 0. The zero-order valence-electron chi connectivity index (χ0n) is 10.6. The maximum absolute atomic E-state index is 12.1. The van der Waals surface area contributed by atoms with E-state index in [1.165, 1.54) is 16.8 Å². The van der Waals surface area contributed by atoms with E-state index in [2.05, 4.69) is 4.98 Å². The van der Waals surface area contributed by atoms with E-state index in [0.717, 1.165) is 0 Å². The van der Waals surface area contributed by atoms with Gasteiger partial charge >= 0.3 is 5.97 Å². The smallest absolute Gasteiger partial charge is 0.329 e. The number of aryl methyl sites for hydroxylation is 1. The highest BCUT2D eigenvalue weighted by Crippen LogP contribution is 2.29. The molecule has 0 amide bonds. The van der Waals surface area contributed by atoms with Gasteiger partial charge in [-0.2, -0.15) is 4.31 Å². The molecule has 1 aromatic rings. The molecule has 0 spiro atoms. The lowest BCUT2D eigenvalue weighted by Gasteiger charge is -2.45. The Balaban J connectivity index is 2.01. The van der Waals surface area contributed by atoms with Crippen molar-refractivity contribution in [1.82, 2.24) is 13.9 Å². The van der Waals surface area contributed by atoms with E-state index < -0.39 is 28.2 Å². The molecule has 2 heterocycles. The van der Waals surface area contributed by atoms with Crippen molar-refractivity contribution in [3.05, 3.63) is 12.5 Å². The van der Waals surface area contributed by atoms with Crippen molar-refractivity contribution in [3.8, 4) is 0 Å². The van der Waals surface area contributed by atoms with E-state index >= 15 is 0 Å². The Labute approximate surface area is 110 Å². The van der Waals surface area contributed by atoms with Crippen molar-refractivity contribution in [1.29, 1.82) is 0 Å². The van der Waals surface area contributed by atoms with Gasteiger partial charge < -0.3 is 14.4 Å². The van der Waals surface area contributed by atoms with E-state index in [1.54, 1.807) is 18.5 Å². The van der Waals surface area contributed by atoms with Gasteiger partial charge in [-0.3, -0.25) is 0 Å². The van der Waals surface area contributed by atoms with Crippen LogP contribution in [0, 0.1) is 0 Å². The minimum Gasteiger partial charge on any atom is -0.480 e. The zero-order valence-corrected chi connectivity index (χ0v) is 11.4. The third-order valence-corrected chi connectivity index (χ3v) is 4.53. The van der Waals surface area contributed by atoms with Crippen molar-refractivity contribution < 1.29 is 23.1 Å². The standard InChI is InChI=1S/C10H15N3O5S/c1-10(18-4-9(14)15)5-13(6-10)19(16,17)8-3-12(2)7-11-8/h3,7H,4-6H2,1-2H3,(H,14,15). The first kappa shape index (κ1) is 14.0. The van der Waals surface area contributed by atoms with Gasteiger partial charge in [-0.05, 0) is 6.92 Å². The fraction of sp³-hybridized carbons (Fsp3) is 0.600. The molecule has 0 bridgehead atoms. The van der Waals surface area contributed by atoms with Crippen LogP contribution in [0.1, 0.15) is 6.92 Å². The van der Waals surface area contributed by atoms with Crippen molar-refractivity contribution in [3.63, 3.8) is 0 Å². The molecule has 1 aliphatic heterocycles. The number of hydrogen-bond donors (Lipinski definition) is 1. The normalized spacial score (nSPS) is 19.1. The van der Waals surface area contributed by atoms with Crippen LogP contribution in [-0.2, 0) is 26.6 Å². The Bertz CT molecular complexity index is 588. The zero-order chi connectivity index (χ0) is 14.3. The lowest BCUT2D eigenvalue weighted by Crippen LogP contribution is -2.63. The number of carboxylic acid groups (broad SMARTS) is 1. The van der Waals surface area contributed by atoms with Crippen LogP contribution in [0.15, 0.2) is 17.6 Å². The molecule has 0 unspecified atom stereocenters. The lowest BCUT2D eigenvalue weighted by molar-refractivity contribution is -0.157. The number of nitrogens with zero attached hydrogens (tertiary/aromatic N) is 3. The predicted octanol–water partition coefficient (Wildman–Crippen LogP) is -0.716. The van der Waals surface area contributed by atoms with Gasteiger partial charge in [0.05, 0.1) is 11.9 Å². The lowest BCUT2D eigenvalue weighted by atomic mass is 10.0. The van der Waals surface area contributed by atoms with Crippen LogP contribution < -0.4 is 0 Å². The minimum absolute atomic E-state index is 0.0183. The second kappa shape index (κ2) is 4.58. The second-order valence-electron chi connectivity index (χ2n) is 4.78. The number of carbonyl (C=O) groups is 1. The first-order chi connectivity index (χ1) is 8.73. The highest BCUT2D eigenvalue weighted by atomic mass is 32.2. The Morgan fingerprint density at radius 2 is 2.21 bits per heavy atom. The molecule has 1 fully saturated rings. The van der Waals surface area contributed by atoms with Crippen LogP contribution in [0.2, 0.25) is 0 Å². The van der Waals surface area contributed by atoms with E-state index in [4.69, 9.17) is 9.84 Å². The van der Waals surface area contributed by atoms with Gasteiger partial charge in [-0.25, -0.2) is 18.2 Å². The van der Waals surface area contributed by atoms with E-state index in [0.29, 0.717) is 0 Å². The molecular formula is C10H15N3O5S. The molecule has 1 aliphatic rings. The molecule has 9 heteroatoms. The van der Waals surface area contributed by atoms with Gasteiger partial charge in [0, 0.05) is 26.3 Å². The van der Waals surface area contributed by atoms with Crippen LogP contribution in [-0.4, -0.2) is 58.6 Å². The molecule has 0 atom stereocenters. The highest BCUT2D eigenvalue weighted by Gasteiger charge is 2.47. The molecular weight excluding hydrogens is 274 g/mol. The van der Waals surface area contributed by atoms with Crippen molar-refractivity contribution >= 4 is 16.0 Å². The Kier molecular flexibility index (Phi) is 3.37. The van der Waals surface area contributed by atoms with Crippen molar-refractivity contribution in [2.45, 2.75) is 17.6 Å². The minimum atomic E-state index is -3.62. The molecule has 2 rings (SSSR count). The van der Waals surface area contributed by atoms with Gasteiger partial charge in [0.25, 0.3) is 10.0 Å². The van der Waals surface area contributed by atoms with Gasteiger partial charge in [0.15, 0.2) is 5.03 Å². The monoisotopic (exact) mass is 289 g/mol. The summed E-state index contributed by atoms with van der Waals surface area (Å²) in [5.74, 6) is -1.08. The number of aromatic nitrogens is 2. The fourth-order valence-corrected chi connectivity index (χ4v) is 3.48. The van der Waals surface area contributed by atoms with Gasteiger partial charge in [0.2, 0.25) is 0 Å². The molecule has 19 heavy (non-hydrogen) atoms. The number of imidazole rings is 1. The molecule has 1 aromatic heterocycles. The van der Waals surface area contributed by atoms with E-state index in [1.807, 2.05) is 0 Å². The van der Waals surface area contributed by atoms with Crippen LogP contribution >= 0.6 is 0 Å². The summed E-state index contributed by atoms with van der Waals surface area (Å²) >= 11 is 0. The Hall–Kier alpha value is -1.45. The largest absolute Gasteiger partial charge is 0.480 e. The maximum Gasteiger partial charge on any atom is 0.329 e. The summed E-state index contributed by atoms with van der Waals surface area (Å²) in [7, 11) is -1.93. The number of sulfonamides is 1. The van der Waals surface area contributed by atoms with Crippen LogP contribution in [0.5, 0.6) is 0 Å². The molecule has 1 N–H and O–H groups in total. The highest BCUT2D eigenvalue weighted by molar-refractivity contribution is 7.89. The fourth-order valence-electron chi connectivity index (χ4n) is 1.85. The molecule has 106 valence electrons. The van der Waals surface area contributed by atoms with Crippen LogP contribution in [0.4, 0.5) is 0 Å². The molecule has 0 saturated carbocycles. The summed E-state index contributed by atoms with van der Waals surface area (Å²) in [6.45, 7) is 1.49. The number of rotatable bonds is 5. The molecule has 0 aliphatic carbocycles. The number of carboxylic acids is 1. The number of ether oxygens (including phenoxy) is 1. The average Bonchev–Trinajstić information content (AvgIpc) is 2.70. The van der Waals surface area contributed by atoms with Gasteiger partial charge in [-0.1, -0.05) is 0 Å². The predicted molar refractivity (Wildman–Crippen MR) is 64.0 cm³/mol.